The molecule has 0 aliphatic heterocycles. The van der Waals surface area contributed by atoms with E-state index in [-0.39, 0.29) is 35.6 Å². The molecular weight excluding hydrogens is 741 g/mol. The molecule has 0 radical (unpaired) electrons. The lowest BCUT2D eigenvalue weighted by Crippen LogP contribution is -2.38. The smallest absolute Gasteiger partial charge is 0.419 e. The van der Waals surface area contributed by atoms with Crippen molar-refractivity contribution < 1.29 is 29.6 Å². The average molecular weight is 787 g/mol. The third kappa shape index (κ3) is 7.93. The molecule has 6 N–H and O–H groups in total. The molecule has 0 saturated heterocycles. The van der Waals surface area contributed by atoms with Crippen LogP contribution in [0.2, 0.25) is 0 Å². The van der Waals surface area contributed by atoms with E-state index < -0.39 is 17.7 Å². The van der Waals surface area contributed by atoms with E-state index in [0.717, 1.165) is 55.3 Å². The van der Waals surface area contributed by atoms with E-state index in [1.165, 1.54) is 34.8 Å². The highest BCUT2D eigenvalue weighted by atomic mass is 32.1. The Balaban J connectivity index is 0.903. The molecule has 0 bridgehead atoms. The molecule has 4 aromatic heterocycles. The van der Waals surface area contributed by atoms with Crippen LogP contribution in [0.25, 0.3) is 22.0 Å². The molecular formula is C41H46N4O8S2. The number of aryl methyl sites for hydroxylation is 1. The number of fused-ring (bicyclic) bond motifs is 2. The molecule has 1 aliphatic rings. The number of aliphatic hydroxyl groups excluding tert-OH is 1. The van der Waals surface area contributed by atoms with Crippen molar-refractivity contribution in [3.63, 3.8) is 0 Å². The summed E-state index contributed by atoms with van der Waals surface area (Å²) in [5, 5.41) is 50.2. The molecule has 6 aromatic rings. The largest absolute Gasteiger partial charge is 0.506 e. The first-order valence-corrected chi connectivity index (χ1v) is 20.4. The summed E-state index contributed by atoms with van der Waals surface area (Å²) in [4.78, 5) is 42.9. The maximum absolute atomic E-state index is 12.9. The van der Waals surface area contributed by atoms with Gasteiger partial charge in [-0.25, -0.2) is 9.59 Å². The predicted octanol–water partition coefficient (Wildman–Crippen LogP) is 5.89. The van der Waals surface area contributed by atoms with Gasteiger partial charge in [-0.2, -0.15) is 0 Å². The monoisotopic (exact) mass is 786 g/mol. The van der Waals surface area contributed by atoms with Gasteiger partial charge in [-0.15, -0.1) is 22.7 Å². The Bertz CT molecular complexity index is 2390. The zero-order chi connectivity index (χ0) is 38.9. The van der Waals surface area contributed by atoms with Crippen molar-refractivity contribution in [2.75, 3.05) is 20.1 Å². The van der Waals surface area contributed by atoms with Crippen molar-refractivity contribution in [3.05, 3.63) is 119 Å². The van der Waals surface area contributed by atoms with Gasteiger partial charge in [-0.1, -0.05) is 18.2 Å². The van der Waals surface area contributed by atoms with Gasteiger partial charge in [0.2, 0.25) is 11.2 Å². The summed E-state index contributed by atoms with van der Waals surface area (Å²) < 4.78 is 7.35. The number of nitrogens with one attached hydrogen (secondary N) is 2. The standard InChI is InChI=1S/C41H46N4O8S2/c1-24(42-23-33(47)29-11-14-32(46)37-30(29)12-15-36(48)43-37)21-25-6-13-31-34(22-25)53-40(51)45(31)18-4-17-44(2)27-9-7-26(8-10-27)28-16-20-55-38(28)41(52,39(49)50)35-5-3-19-54-35/h3,5-6,11-16,19-20,22,24,26-27,33,42,46-47,52H,4,7-10,17-18,21,23H2,1-2H3,(H,43,48)(H,49,50)/t24?,26?,27?,33-,41?/m0/s1. The Morgan fingerprint density at radius 1 is 1.07 bits per heavy atom. The number of thiophene rings is 2. The van der Waals surface area contributed by atoms with E-state index in [1.807, 2.05) is 36.6 Å². The Morgan fingerprint density at radius 2 is 1.87 bits per heavy atom. The van der Waals surface area contributed by atoms with Gasteiger partial charge in [-0.05, 0) is 129 Å². The third-order valence-corrected chi connectivity index (χ3v) is 13.1. The molecule has 1 aliphatic carbocycles. The van der Waals surface area contributed by atoms with Gasteiger partial charge >= 0.3 is 11.7 Å². The minimum absolute atomic E-state index is 0.0128. The molecule has 12 nitrogen and oxygen atoms in total. The highest BCUT2D eigenvalue weighted by Gasteiger charge is 2.45. The first-order valence-electron chi connectivity index (χ1n) is 18.6. The van der Waals surface area contributed by atoms with Crippen LogP contribution in [0.1, 0.15) is 77.5 Å². The summed E-state index contributed by atoms with van der Waals surface area (Å²) in [6.45, 7) is 3.60. The number of carboxylic acid groups (broad SMARTS) is 1. The molecule has 4 heterocycles. The summed E-state index contributed by atoms with van der Waals surface area (Å²) in [6, 6.07) is 17.7. The molecule has 55 heavy (non-hydrogen) atoms. The quantitative estimate of drug-likeness (QED) is 0.0735. The fourth-order valence-corrected chi connectivity index (χ4v) is 10.0. The van der Waals surface area contributed by atoms with Crippen LogP contribution in [-0.4, -0.2) is 73.1 Å². The third-order valence-electron chi connectivity index (χ3n) is 11.1. The van der Waals surface area contributed by atoms with Gasteiger partial charge < -0.3 is 40.0 Å². The van der Waals surface area contributed by atoms with Gasteiger partial charge in [0.25, 0.3) is 0 Å². The number of aliphatic carboxylic acids is 1. The van der Waals surface area contributed by atoms with Crippen LogP contribution < -0.4 is 16.6 Å². The lowest BCUT2D eigenvalue weighted by molar-refractivity contribution is -0.154. The first-order chi connectivity index (χ1) is 26.4. The lowest BCUT2D eigenvalue weighted by Gasteiger charge is -2.35. The zero-order valence-electron chi connectivity index (χ0n) is 30.7. The van der Waals surface area contributed by atoms with Gasteiger partial charge in [0.05, 0.1) is 26.9 Å². The summed E-state index contributed by atoms with van der Waals surface area (Å²) in [7, 11) is 2.12. The van der Waals surface area contributed by atoms with Crippen molar-refractivity contribution in [3.8, 4) is 5.75 Å². The molecule has 1 fully saturated rings. The summed E-state index contributed by atoms with van der Waals surface area (Å²) in [5.74, 6) is -1.51. The highest BCUT2D eigenvalue weighted by molar-refractivity contribution is 7.12. The molecule has 2 aromatic carbocycles. The molecule has 7 rings (SSSR count). The maximum Gasteiger partial charge on any atom is 0.419 e. The number of aliphatic hydroxyl groups is 2. The second-order valence-electron chi connectivity index (χ2n) is 14.7. The van der Waals surface area contributed by atoms with Gasteiger partial charge in [-0.3, -0.25) is 9.36 Å². The van der Waals surface area contributed by atoms with E-state index in [0.29, 0.717) is 50.8 Å². The number of aromatic nitrogens is 2. The Morgan fingerprint density at radius 3 is 2.62 bits per heavy atom. The average Bonchev–Trinajstić information content (AvgIpc) is 3.95. The number of aromatic hydroxyl groups is 1. The number of hydrogen-bond donors (Lipinski definition) is 6. The number of oxazole rings is 1. The number of benzene rings is 2. The Hall–Kier alpha value is -4.57. The van der Waals surface area contributed by atoms with Crippen LogP contribution in [-0.2, 0) is 23.4 Å². The first kappa shape index (κ1) is 38.7. The van der Waals surface area contributed by atoms with Gasteiger partial charge in [0.15, 0.2) is 5.58 Å². The molecule has 1 saturated carbocycles. The predicted molar refractivity (Wildman–Crippen MR) is 214 cm³/mol. The molecule has 3 atom stereocenters. The number of H-pyrrole nitrogens is 1. The lowest BCUT2D eigenvalue weighted by atomic mass is 9.79. The molecule has 290 valence electrons. The van der Waals surface area contributed by atoms with Crippen LogP contribution >= 0.6 is 22.7 Å². The Kier molecular flexibility index (Phi) is 11.4. The van der Waals surface area contributed by atoms with Crippen molar-refractivity contribution in [2.24, 2.45) is 0 Å². The number of phenolic OH excluding ortho intramolecular Hbond substituents is 1. The van der Waals surface area contributed by atoms with Gasteiger partial charge in [0.1, 0.15) is 5.75 Å². The number of nitrogens with zero attached hydrogens (tertiary/aromatic N) is 2. The van der Waals surface area contributed by atoms with Crippen molar-refractivity contribution in [1.29, 1.82) is 0 Å². The van der Waals surface area contributed by atoms with Crippen molar-refractivity contribution >= 4 is 50.6 Å². The second-order valence-corrected chi connectivity index (χ2v) is 16.5. The molecule has 14 heteroatoms. The molecule has 0 amide bonds. The van der Waals surface area contributed by atoms with E-state index in [4.69, 9.17) is 4.42 Å². The fourth-order valence-electron chi connectivity index (χ4n) is 8.07. The van der Waals surface area contributed by atoms with Crippen LogP contribution in [0.15, 0.2) is 85.4 Å². The molecule has 2 unspecified atom stereocenters. The number of pyridine rings is 1. The summed E-state index contributed by atoms with van der Waals surface area (Å²) in [5.41, 5.74) is 1.72. The normalized spacial score (nSPS) is 18.5. The second kappa shape index (κ2) is 16.3. The van der Waals surface area contributed by atoms with Crippen molar-refractivity contribution in [1.82, 2.24) is 19.8 Å². The van der Waals surface area contributed by atoms with E-state index >= 15 is 0 Å². The van der Waals surface area contributed by atoms with E-state index in [1.54, 1.807) is 34.2 Å². The zero-order valence-corrected chi connectivity index (χ0v) is 32.4. The SMILES string of the molecule is CC(Cc1ccc2c(c1)oc(=O)n2CCCN(C)C1CCC(c2ccsc2C(O)(C(=O)O)c2cccs2)CC1)NC[C@H](O)c1ccc(O)c2[nH]c(=O)ccc12. The molecule has 0 spiro atoms. The fraction of sp³-hybridized carbons (Fsp3) is 0.390. The minimum atomic E-state index is -2.04. The summed E-state index contributed by atoms with van der Waals surface area (Å²) in [6.07, 6.45) is 4.26. The number of carbonyl (C=O) groups is 1. The highest BCUT2D eigenvalue weighted by Crippen LogP contribution is 2.44. The number of hydrogen-bond acceptors (Lipinski definition) is 11. The van der Waals surface area contributed by atoms with Crippen LogP contribution in [0.3, 0.4) is 0 Å². The van der Waals surface area contributed by atoms with Crippen LogP contribution in [0.4, 0.5) is 0 Å². The van der Waals surface area contributed by atoms with Gasteiger partial charge in [0, 0.05) is 36.6 Å². The van der Waals surface area contributed by atoms with E-state index in [2.05, 4.69) is 22.2 Å². The van der Waals surface area contributed by atoms with E-state index in [9.17, 15) is 34.8 Å². The number of rotatable bonds is 15. The van der Waals surface area contributed by atoms with Crippen LogP contribution in [0, 0.1) is 0 Å². The van der Waals surface area contributed by atoms with Crippen molar-refractivity contribution in [2.45, 2.75) is 81.7 Å². The van der Waals surface area contributed by atoms with Crippen LogP contribution in [0.5, 0.6) is 5.75 Å². The minimum Gasteiger partial charge on any atom is -0.506 e. The Labute approximate surface area is 325 Å². The number of carboxylic acids is 1. The number of phenols is 1. The summed E-state index contributed by atoms with van der Waals surface area (Å²) >= 11 is 2.56. The maximum atomic E-state index is 12.9. The topological polar surface area (TPSA) is 181 Å². The number of aromatic amines is 1.